The van der Waals surface area contributed by atoms with Gasteiger partial charge in [0.15, 0.2) is 0 Å². The molecule has 0 radical (unpaired) electrons. The van der Waals surface area contributed by atoms with Crippen molar-refractivity contribution in [2.24, 2.45) is 17.3 Å². The second-order valence-electron chi connectivity index (χ2n) is 12.8. The van der Waals surface area contributed by atoms with Crippen LogP contribution in [0.1, 0.15) is 76.7 Å². The lowest BCUT2D eigenvalue weighted by Gasteiger charge is -2.51. The minimum atomic E-state index is -0.994. The Hall–Kier alpha value is -2.84. The van der Waals surface area contributed by atoms with Gasteiger partial charge in [-0.05, 0) is 75.0 Å². The molecule has 8 nitrogen and oxygen atoms in total. The van der Waals surface area contributed by atoms with E-state index in [1.807, 2.05) is 9.80 Å². The molecule has 4 fully saturated rings. The first-order chi connectivity index (χ1) is 18.6. The molecule has 0 aromatic heterocycles. The highest BCUT2D eigenvalue weighted by Gasteiger charge is 2.50. The van der Waals surface area contributed by atoms with Gasteiger partial charge in [0, 0.05) is 44.6 Å². The number of nitrogens with zero attached hydrogens (tertiary/aromatic N) is 3. The van der Waals surface area contributed by atoms with Crippen molar-refractivity contribution in [2.45, 2.75) is 76.7 Å². The molecule has 1 aromatic carbocycles. The Balaban J connectivity index is 1.33. The maximum Gasteiger partial charge on any atom is 0.410 e. The number of likely N-dealkylation sites (tertiary alicyclic amines) is 2. The van der Waals surface area contributed by atoms with E-state index < -0.39 is 6.09 Å². The maximum atomic E-state index is 14.0. The number of benzene rings is 1. The average Bonchev–Trinajstić information content (AvgIpc) is 3.20. The van der Waals surface area contributed by atoms with Crippen molar-refractivity contribution in [3.8, 4) is 0 Å². The zero-order valence-corrected chi connectivity index (χ0v) is 23.2. The van der Waals surface area contributed by atoms with Crippen molar-refractivity contribution >= 4 is 18.1 Å². The Morgan fingerprint density at radius 3 is 2.26 bits per heavy atom. The highest BCUT2D eigenvalue weighted by Crippen LogP contribution is 2.48. The quantitative estimate of drug-likeness (QED) is 0.542. The minimum Gasteiger partial charge on any atom is -0.465 e. The number of ether oxygens (including phenoxy) is 1. The summed E-state index contributed by atoms with van der Waals surface area (Å²) < 4.78 is 19.1. The summed E-state index contributed by atoms with van der Waals surface area (Å²) in [6, 6.07) is 6.10. The SMILES string of the molecule is CC1(C)COC(=O)N1CC1(C2CCCCC2)CCN(C(=O)C2CCN(C(=O)O)CC2c2ccc(F)cc2)CC1. The summed E-state index contributed by atoms with van der Waals surface area (Å²) >= 11 is 0. The Bertz CT molecular complexity index is 1060. The standard InChI is InChI=1S/C30H42FN3O5/c1-29(2)20-39-28(38)34(29)19-30(22-6-4-3-5-7-22)13-16-32(17-14-30)26(35)24-12-15-33(27(36)37)18-25(24)21-8-10-23(31)11-9-21/h8-11,22,24-25H,3-7,12-20H2,1-2H3,(H,36,37). The van der Waals surface area contributed by atoms with Gasteiger partial charge in [-0.3, -0.25) is 9.69 Å². The molecule has 1 N–H and O–H groups in total. The number of piperidine rings is 2. The first-order valence-corrected chi connectivity index (χ1v) is 14.6. The second kappa shape index (κ2) is 11.0. The van der Waals surface area contributed by atoms with Crippen LogP contribution in [0.5, 0.6) is 0 Å². The predicted molar refractivity (Wildman–Crippen MR) is 144 cm³/mol. The van der Waals surface area contributed by atoms with Gasteiger partial charge in [-0.1, -0.05) is 31.4 Å². The first-order valence-electron chi connectivity index (χ1n) is 14.6. The third-order valence-electron chi connectivity index (χ3n) is 10.0. The Morgan fingerprint density at radius 1 is 1.00 bits per heavy atom. The molecule has 3 saturated heterocycles. The number of halogens is 1. The maximum absolute atomic E-state index is 14.0. The normalized spacial score (nSPS) is 27.4. The highest BCUT2D eigenvalue weighted by atomic mass is 19.1. The molecule has 2 atom stereocenters. The van der Waals surface area contributed by atoms with E-state index in [4.69, 9.17) is 4.74 Å². The third kappa shape index (κ3) is 5.59. The molecule has 214 valence electrons. The average molecular weight is 544 g/mol. The number of hydrogen-bond donors (Lipinski definition) is 1. The molecule has 2 unspecified atom stereocenters. The van der Waals surface area contributed by atoms with E-state index in [0.717, 1.165) is 31.2 Å². The van der Waals surface area contributed by atoms with E-state index in [9.17, 15) is 23.9 Å². The van der Waals surface area contributed by atoms with Crippen LogP contribution in [0, 0.1) is 23.1 Å². The fourth-order valence-corrected chi connectivity index (χ4v) is 7.52. The molecule has 1 aromatic rings. The number of cyclic esters (lactones) is 1. The molecular weight excluding hydrogens is 501 g/mol. The Kier molecular flexibility index (Phi) is 7.80. The van der Waals surface area contributed by atoms with Gasteiger partial charge in [0.05, 0.1) is 5.54 Å². The molecule has 3 amide bonds. The van der Waals surface area contributed by atoms with Gasteiger partial charge in [-0.2, -0.15) is 0 Å². The van der Waals surface area contributed by atoms with E-state index in [2.05, 4.69) is 13.8 Å². The largest absolute Gasteiger partial charge is 0.465 e. The number of hydrogen-bond acceptors (Lipinski definition) is 4. The van der Waals surface area contributed by atoms with Crippen molar-refractivity contribution in [1.82, 2.24) is 14.7 Å². The summed E-state index contributed by atoms with van der Waals surface area (Å²) in [6.07, 6.45) is 6.92. The van der Waals surface area contributed by atoms with Gasteiger partial charge in [0.2, 0.25) is 5.91 Å². The van der Waals surface area contributed by atoms with Crippen molar-refractivity contribution in [3.05, 3.63) is 35.6 Å². The van der Waals surface area contributed by atoms with Gasteiger partial charge in [0.25, 0.3) is 0 Å². The molecule has 4 aliphatic rings. The molecule has 3 heterocycles. The molecule has 3 aliphatic heterocycles. The van der Waals surface area contributed by atoms with E-state index >= 15 is 0 Å². The van der Waals surface area contributed by atoms with Crippen molar-refractivity contribution < 1.29 is 28.6 Å². The van der Waals surface area contributed by atoms with Crippen molar-refractivity contribution in [2.75, 3.05) is 39.3 Å². The summed E-state index contributed by atoms with van der Waals surface area (Å²) in [4.78, 5) is 43.6. The number of carbonyl (C=O) groups is 3. The van der Waals surface area contributed by atoms with Crippen LogP contribution in [-0.4, -0.2) is 82.8 Å². The van der Waals surface area contributed by atoms with Gasteiger partial charge >= 0.3 is 12.2 Å². The van der Waals surface area contributed by atoms with Crippen LogP contribution in [0.25, 0.3) is 0 Å². The molecular formula is C30H42FN3O5. The summed E-state index contributed by atoms with van der Waals surface area (Å²) in [6.45, 7) is 6.99. The Labute approximate surface area is 230 Å². The van der Waals surface area contributed by atoms with E-state index in [0.29, 0.717) is 45.1 Å². The summed E-state index contributed by atoms with van der Waals surface area (Å²) in [5.41, 5.74) is 0.414. The second-order valence-corrected chi connectivity index (χ2v) is 12.8. The molecule has 1 saturated carbocycles. The smallest absolute Gasteiger partial charge is 0.410 e. The van der Waals surface area contributed by atoms with Crippen LogP contribution in [-0.2, 0) is 9.53 Å². The van der Waals surface area contributed by atoms with E-state index in [-0.39, 0.29) is 47.2 Å². The van der Waals surface area contributed by atoms with Crippen molar-refractivity contribution in [3.63, 3.8) is 0 Å². The lowest BCUT2D eigenvalue weighted by molar-refractivity contribution is -0.141. The third-order valence-corrected chi connectivity index (χ3v) is 10.0. The van der Waals surface area contributed by atoms with Crippen LogP contribution < -0.4 is 0 Å². The molecule has 0 spiro atoms. The Morgan fingerprint density at radius 2 is 1.67 bits per heavy atom. The summed E-state index contributed by atoms with van der Waals surface area (Å²) in [5, 5.41) is 9.61. The number of carboxylic acid groups (broad SMARTS) is 1. The molecule has 5 rings (SSSR count). The van der Waals surface area contributed by atoms with Crippen LogP contribution >= 0.6 is 0 Å². The topological polar surface area (TPSA) is 90.4 Å². The van der Waals surface area contributed by atoms with Crippen LogP contribution in [0.4, 0.5) is 14.0 Å². The lowest BCUT2D eigenvalue weighted by atomic mass is 9.63. The van der Waals surface area contributed by atoms with Gasteiger partial charge in [-0.25, -0.2) is 14.0 Å². The van der Waals surface area contributed by atoms with Crippen molar-refractivity contribution in [1.29, 1.82) is 0 Å². The number of rotatable bonds is 5. The van der Waals surface area contributed by atoms with Crippen LogP contribution in [0.3, 0.4) is 0 Å². The summed E-state index contributed by atoms with van der Waals surface area (Å²) in [5.74, 6) is -0.424. The van der Waals surface area contributed by atoms with Gasteiger partial charge in [-0.15, -0.1) is 0 Å². The number of carbonyl (C=O) groups excluding carboxylic acids is 2. The van der Waals surface area contributed by atoms with Crippen LogP contribution in [0.15, 0.2) is 24.3 Å². The number of amides is 3. The highest BCUT2D eigenvalue weighted by molar-refractivity contribution is 5.81. The van der Waals surface area contributed by atoms with E-state index in [1.54, 1.807) is 12.1 Å². The minimum absolute atomic E-state index is 0.0408. The monoisotopic (exact) mass is 543 g/mol. The molecule has 9 heteroatoms. The van der Waals surface area contributed by atoms with Crippen LogP contribution in [0.2, 0.25) is 0 Å². The predicted octanol–water partition coefficient (Wildman–Crippen LogP) is 5.33. The van der Waals surface area contributed by atoms with Gasteiger partial charge < -0.3 is 19.6 Å². The fourth-order valence-electron chi connectivity index (χ4n) is 7.52. The zero-order chi connectivity index (χ0) is 27.8. The van der Waals surface area contributed by atoms with E-state index in [1.165, 1.54) is 36.3 Å². The zero-order valence-electron chi connectivity index (χ0n) is 23.2. The fraction of sp³-hybridized carbons (Fsp3) is 0.700. The molecule has 0 bridgehead atoms. The molecule has 39 heavy (non-hydrogen) atoms. The summed E-state index contributed by atoms with van der Waals surface area (Å²) in [7, 11) is 0. The van der Waals surface area contributed by atoms with Gasteiger partial charge in [0.1, 0.15) is 12.4 Å². The molecule has 1 aliphatic carbocycles. The lowest BCUT2D eigenvalue weighted by Crippen LogP contribution is -2.56. The first kappa shape index (κ1) is 27.7.